The van der Waals surface area contributed by atoms with Gasteiger partial charge in [0.25, 0.3) is 5.91 Å². The minimum atomic E-state index is -1.73. The maximum absolute atomic E-state index is 14.9. The number of carboxylic acids is 3. The number of rotatable bonds is 13. The molecule has 1 heterocycles. The fourth-order valence-electron chi connectivity index (χ4n) is 7.64. The van der Waals surface area contributed by atoms with Gasteiger partial charge in [-0.3, -0.25) is 20.4 Å². The third-order valence-corrected chi connectivity index (χ3v) is 11.8. The number of benzene rings is 8. The summed E-state index contributed by atoms with van der Waals surface area (Å²) < 4.78 is 96.5. The molecule has 0 saturated heterocycles. The van der Waals surface area contributed by atoms with Crippen molar-refractivity contribution in [2.75, 3.05) is 16.4 Å². The van der Waals surface area contributed by atoms with Crippen LogP contribution in [0.1, 0.15) is 36.6 Å². The van der Waals surface area contributed by atoms with Crippen LogP contribution in [0.15, 0.2) is 176 Å². The average Bonchev–Trinajstić information content (AvgIpc) is 1.23. The van der Waals surface area contributed by atoms with Crippen LogP contribution in [-0.4, -0.2) is 67.8 Å². The van der Waals surface area contributed by atoms with E-state index in [0.29, 0.717) is 68.3 Å². The van der Waals surface area contributed by atoms with Crippen molar-refractivity contribution < 1.29 is 89.4 Å². The highest BCUT2D eigenvalue weighted by molar-refractivity contribution is 6.61. The standard InChI is InChI=1S/C33H21ClF2N4O5.C14H9F2NO4.C7H5ClO2.C7H5F2NO2/c1-37-19-10-12-23(25(34)15-19)24-11-9-18(22-8-5-13-38-30(22)24)14-28(32(42)43)40-31(41)29-26(35)16-20(17-27(29)36)39-33(44)45-21-6-3-2-4-7-21;15-10-6-8(7-11(16)12(10)13(18)19)17-14(20)21-9-4-2-1-3-5-9;8-7(9)10-6-4-2-1-3-5-6;8-4-1-3(10)2-5(9)6(4)7(11)12/h2-13,15-17,28H,14H2,(H,39,44)(H,40,41)(H,42,43);1-7H,(H,17,20)(H,18,19);1-5H;1-2H,10H2,(H,11,12)/t28-;;;/m0.../s1. The molecule has 0 aliphatic carbocycles. The summed E-state index contributed by atoms with van der Waals surface area (Å²) in [6.07, 6.45) is -0.664. The molecule has 0 radical (unpaired) electrons. The molecule has 27 heteroatoms. The van der Waals surface area contributed by atoms with Crippen molar-refractivity contribution in [3.8, 4) is 28.4 Å². The number of ether oxygens (including phenoxy) is 3. The van der Waals surface area contributed by atoms with E-state index < -0.39 is 99.1 Å². The van der Waals surface area contributed by atoms with Crippen LogP contribution in [-0.2, 0) is 11.2 Å². The van der Waals surface area contributed by atoms with E-state index in [4.69, 9.17) is 55.2 Å². The predicted octanol–water partition coefficient (Wildman–Crippen LogP) is 14.4. The Hall–Kier alpha value is -11.5. The van der Waals surface area contributed by atoms with E-state index in [9.17, 15) is 65.0 Å². The van der Waals surface area contributed by atoms with Gasteiger partial charge in [-0.05, 0) is 96.1 Å². The van der Waals surface area contributed by atoms with E-state index in [1.165, 1.54) is 30.3 Å². The first-order chi connectivity index (χ1) is 41.9. The maximum Gasteiger partial charge on any atom is 0.417 e. The molecule has 19 nitrogen and oxygen atoms in total. The van der Waals surface area contributed by atoms with E-state index in [-0.39, 0.29) is 35.0 Å². The van der Waals surface area contributed by atoms with Gasteiger partial charge >= 0.3 is 35.5 Å². The van der Waals surface area contributed by atoms with Crippen LogP contribution in [0, 0.1) is 41.5 Å². The molecule has 0 saturated carbocycles. The van der Waals surface area contributed by atoms with Crippen LogP contribution >= 0.6 is 23.2 Å². The number of aromatic carboxylic acids is 2. The van der Waals surface area contributed by atoms with Crippen LogP contribution in [0.25, 0.3) is 26.9 Å². The highest BCUT2D eigenvalue weighted by atomic mass is 35.5. The number of fused-ring (bicyclic) bond motifs is 1. The number of nitrogens with two attached hydrogens (primary N) is 1. The molecule has 9 rings (SSSR count). The molecule has 0 unspecified atom stereocenters. The number of carboxylic acid groups (broad SMARTS) is 3. The van der Waals surface area contributed by atoms with Crippen molar-refractivity contribution in [3.05, 3.63) is 250 Å². The quantitative estimate of drug-likeness (QED) is 0.0244. The third kappa shape index (κ3) is 18.5. The number of anilines is 3. The Bertz CT molecular complexity index is 4070. The number of aliphatic carboxylic acids is 1. The molecule has 0 aliphatic rings. The Morgan fingerprint density at radius 2 is 0.989 bits per heavy atom. The van der Waals surface area contributed by atoms with Gasteiger partial charge in [0.2, 0.25) is 0 Å². The Balaban J connectivity index is 0.000000233. The van der Waals surface area contributed by atoms with E-state index in [0.717, 1.165) is 12.1 Å². The van der Waals surface area contributed by atoms with Gasteiger partial charge in [0.15, 0.2) is 5.69 Å². The molecule has 0 aliphatic heterocycles. The number of para-hydroxylation sites is 3. The number of nitrogen functional groups attached to an aromatic ring is 1. The van der Waals surface area contributed by atoms with E-state index in [1.807, 2.05) is 6.07 Å². The zero-order chi connectivity index (χ0) is 64.2. The number of halogens is 8. The molecule has 9 aromatic rings. The minimum Gasteiger partial charge on any atom is -0.480 e. The molecule has 8 aromatic carbocycles. The van der Waals surface area contributed by atoms with Crippen molar-refractivity contribution in [1.82, 2.24) is 10.3 Å². The lowest BCUT2D eigenvalue weighted by atomic mass is 9.95. The van der Waals surface area contributed by atoms with Gasteiger partial charge in [-0.2, -0.15) is 0 Å². The molecule has 0 fully saturated rings. The third-order valence-electron chi connectivity index (χ3n) is 11.4. The number of hydrogen-bond acceptors (Lipinski definition) is 12. The average molecular weight is 1250 g/mol. The van der Waals surface area contributed by atoms with Crippen LogP contribution in [0.3, 0.4) is 0 Å². The van der Waals surface area contributed by atoms with Crippen molar-refractivity contribution in [3.63, 3.8) is 0 Å². The monoisotopic (exact) mass is 1250 g/mol. The van der Waals surface area contributed by atoms with Crippen molar-refractivity contribution in [2.45, 2.75) is 12.5 Å². The van der Waals surface area contributed by atoms with Gasteiger partial charge in [0.1, 0.15) is 74.9 Å². The number of hydrogen-bond donors (Lipinski definition) is 7. The summed E-state index contributed by atoms with van der Waals surface area (Å²) in [6, 6.07) is 39.0. The summed E-state index contributed by atoms with van der Waals surface area (Å²) in [4.78, 5) is 87.6. The Morgan fingerprint density at radius 3 is 1.41 bits per heavy atom. The summed E-state index contributed by atoms with van der Waals surface area (Å²) in [7, 11) is 0. The van der Waals surface area contributed by atoms with Gasteiger partial charge in [0, 0.05) is 57.3 Å². The molecule has 0 spiro atoms. The normalized spacial score (nSPS) is 10.5. The van der Waals surface area contributed by atoms with Crippen molar-refractivity contribution in [2.24, 2.45) is 0 Å². The summed E-state index contributed by atoms with van der Waals surface area (Å²) in [5, 5.41) is 34.2. The van der Waals surface area contributed by atoms with Crippen LogP contribution in [0.2, 0.25) is 5.02 Å². The first-order valence-corrected chi connectivity index (χ1v) is 25.4. The number of nitrogens with one attached hydrogen (secondary N) is 3. The molecule has 3 amide bonds. The lowest BCUT2D eigenvalue weighted by Crippen LogP contribution is -2.43. The Kier molecular flexibility index (Phi) is 23.0. The van der Waals surface area contributed by atoms with Crippen molar-refractivity contribution >= 4 is 98.3 Å². The fourth-order valence-corrected chi connectivity index (χ4v) is 8.00. The first kappa shape index (κ1) is 65.7. The molecule has 1 aromatic heterocycles. The topological polar surface area (TPSA) is 287 Å². The van der Waals surface area contributed by atoms with E-state index in [1.54, 1.807) is 103 Å². The van der Waals surface area contributed by atoms with Gasteiger partial charge in [0.05, 0.1) is 12.1 Å². The SMILES string of the molecule is Nc1cc(F)c(C(=O)O)c(F)c1.O=C(Cl)Oc1ccccc1.O=C(Nc1cc(F)c(C(=O)O)c(F)c1)Oc1ccccc1.[C-]#[N+]c1ccc(-c2ccc(C[C@H](NC(=O)c3c(F)cc(NC(=O)Oc4ccccc4)cc3F)C(=O)O)c3cccnc23)c(Cl)c1. The fraction of sp³-hybridized carbons (Fsp3) is 0.0328. The lowest BCUT2D eigenvalue weighted by molar-refractivity contribution is -0.139. The Morgan fingerprint density at radius 1 is 0.557 bits per heavy atom. The summed E-state index contributed by atoms with van der Waals surface area (Å²) in [6.45, 7) is 7.18. The Labute approximate surface area is 502 Å². The largest absolute Gasteiger partial charge is 0.480 e. The second kappa shape index (κ2) is 30.9. The molecule has 0 bridgehead atoms. The smallest absolute Gasteiger partial charge is 0.417 e. The lowest BCUT2D eigenvalue weighted by Gasteiger charge is -2.18. The number of pyridine rings is 1. The van der Waals surface area contributed by atoms with Gasteiger partial charge in [-0.15, -0.1) is 0 Å². The zero-order valence-corrected chi connectivity index (χ0v) is 46.0. The molecular formula is C61H40Cl2F6N6O13. The van der Waals surface area contributed by atoms with Crippen LogP contribution < -0.4 is 35.9 Å². The number of amides is 3. The van der Waals surface area contributed by atoms with Gasteiger partial charge in [-0.1, -0.05) is 96.5 Å². The summed E-state index contributed by atoms with van der Waals surface area (Å²) >= 11 is 11.4. The van der Waals surface area contributed by atoms with Crippen LogP contribution in [0.4, 0.5) is 63.5 Å². The van der Waals surface area contributed by atoms with Crippen LogP contribution in [0.5, 0.6) is 17.2 Å². The number of carbonyl (C=O) groups excluding carboxylic acids is 4. The molecule has 88 heavy (non-hydrogen) atoms. The summed E-state index contributed by atoms with van der Waals surface area (Å²) in [5.41, 5.74) is 3.02. The predicted molar refractivity (Wildman–Crippen MR) is 309 cm³/mol. The van der Waals surface area contributed by atoms with Crippen molar-refractivity contribution in [1.29, 1.82) is 0 Å². The molecular weight excluding hydrogens is 1210 g/mol. The first-order valence-electron chi connectivity index (χ1n) is 24.7. The maximum atomic E-state index is 14.9. The second-order valence-corrected chi connectivity index (χ2v) is 18.1. The highest BCUT2D eigenvalue weighted by Crippen LogP contribution is 2.36. The molecule has 8 N–H and O–H groups in total. The van der Waals surface area contributed by atoms with Gasteiger partial charge in [-0.25, -0.2) is 60.0 Å². The number of nitrogens with zero attached hydrogens (tertiary/aromatic N) is 2. The molecule has 448 valence electrons. The number of carbonyl (C=O) groups is 7. The highest BCUT2D eigenvalue weighted by Gasteiger charge is 2.27. The minimum absolute atomic E-state index is 0.144. The number of aromatic nitrogens is 1. The summed E-state index contributed by atoms with van der Waals surface area (Å²) in [5.74, 6) is -12.8. The zero-order valence-electron chi connectivity index (χ0n) is 44.4. The molecule has 1 atom stereocenters. The van der Waals surface area contributed by atoms with E-state index in [2.05, 4.69) is 30.5 Å². The van der Waals surface area contributed by atoms with E-state index >= 15 is 0 Å². The van der Waals surface area contributed by atoms with Gasteiger partial charge < -0.3 is 40.6 Å². The second-order valence-electron chi connectivity index (χ2n) is 17.4.